The number of hydrogen-bond donors (Lipinski definition) is 0. The van der Waals surface area contributed by atoms with Crippen molar-refractivity contribution < 1.29 is 35.4 Å². The van der Waals surface area contributed by atoms with Gasteiger partial charge in [-0.3, -0.25) is 6.33 Å². The van der Waals surface area contributed by atoms with E-state index in [1.165, 1.54) is 0 Å². The molecule has 0 rings (SSSR count). The maximum atomic E-state index is 11.2. The fourth-order valence-electron chi connectivity index (χ4n) is 0.268. The van der Waals surface area contributed by atoms with Gasteiger partial charge in [-0.05, 0) is 5.57 Å². The summed E-state index contributed by atoms with van der Waals surface area (Å²) in [5.74, 6) is 0. The largest absolute Gasteiger partial charge is 2.00 e. The van der Waals surface area contributed by atoms with E-state index in [-0.39, 0.29) is 27.8 Å². The molecule has 0 spiro atoms. The third-order valence-corrected chi connectivity index (χ3v) is 0.661. The van der Waals surface area contributed by atoms with Crippen LogP contribution in [0.3, 0.4) is 0 Å². The Morgan fingerprint density at radius 3 is 1.08 bits per heavy atom. The second-order valence-corrected chi connectivity index (χ2v) is 1.47. The standard InChI is InChI=1S/C4F7.FH.Mg/c5-1-2(3(6,7)8)4(9,10)11;;/h;1H;/q-1;;+2/p-1. The van der Waals surface area contributed by atoms with Gasteiger partial charge < -0.3 is 9.09 Å². The van der Waals surface area contributed by atoms with Gasteiger partial charge in [-0.1, -0.05) is 0 Å². The molecular weight excluding hydrogens is 224 g/mol. The van der Waals surface area contributed by atoms with Crippen LogP contribution in [0.4, 0.5) is 30.7 Å². The smallest absolute Gasteiger partial charge is 1.00 e. The van der Waals surface area contributed by atoms with Crippen molar-refractivity contribution in [3.8, 4) is 0 Å². The van der Waals surface area contributed by atoms with E-state index in [1.807, 2.05) is 0 Å². The number of allylic oxidation sites excluding steroid dienone is 1. The first kappa shape index (κ1) is 18.7. The molecule has 0 aliphatic carbocycles. The van der Waals surface area contributed by atoms with Crippen LogP contribution >= 0.6 is 0 Å². The molecule has 9 heteroatoms. The quantitative estimate of drug-likeness (QED) is 0.293. The molecule has 0 unspecified atom stereocenters. The van der Waals surface area contributed by atoms with Gasteiger partial charge in [0.25, 0.3) is 0 Å². The van der Waals surface area contributed by atoms with Gasteiger partial charge in [-0.15, -0.1) is 0 Å². The van der Waals surface area contributed by atoms with E-state index >= 15 is 0 Å². The molecule has 0 radical (unpaired) electrons. The topological polar surface area (TPSA) is 0 Å². The van der Waals surface area contributed by atoms with Crippen LogP contribution in [-0.4, -0.2) is 35.4 Å². The average molecular weight is 224 g/mol. The summed E-state index contributed by atoms with van der Waals surface area (Å²) in [5, 5.41) is 0. The average Bonchev–Trinajstić information content (AvgIpc) is 1.56. The monoisotopic (exact) mass is 224 g/mol. The third-order valence-electron chi connectivity index (χ3n) is 0.661. The summed E-state index contributed by atoms with van der Waals surface area (Å²) in [7, 11) is 0. The Hall–Kier alpha value is -0.0538. The molecule has 0 heterocycles. The Morgan fingerprint density at radius 1 is 0.846 bits per heavy atom. The summed E-state index contributed by atoms with van der Waals surface area (Å²) in [6, 6.07) is 0. The first-order valence-electron chi connectivity index (χ1n) is 2.07. The Morgan fingerprint density at radius 2 is 1.08 bits per heavy atom. The predicted octanol–water partition coefficient (Wildman–Crippen LogP) is -0.609. The van der Waals surface area contributed by atoms with Gasteiger partial charge in [0.2, 0.25) is 0 Å². The Kier molecular flexibility index (Phi) is 8.09. The van der Waals surface area contributed by atoms with Crippen molar-refractivity contribution in [2.75, 3.05) is 0 Å². The molecule has 0 aromatic heterocycles. The summed E-state index contributed by atoms with van der Waals surface area (Å²) >= 11 is 0. The summed E-state index contributed by atoms with van der Waals surface area (Å²) < 4.78 is 77.9. The van der Waals surface area contributed by atoms with Crippen molar-refractivity contribution in [3.05, 3.63) is 11.9 Å². The van der Waals surface area contributed by atoms with Gasteiger partial charge in [-0.2, -0.15) is 26.3 Å². The molecule has 0 saturated carbocycles. The summed E-state index contributed by atoms with van der Waals surface area (Å²) in [6.07, 6.45) is -11.9. The predicted molar refractivity (Wildman–Crippen MR) is 25.7 cm³/mol. The second kappa shape index (κ2) is 5.63. The van der Waals surface area contributed by atoms with E-state index in [4.69, 9.17) is 0 Å². The van der Waals surface area contributed by atoms with Crippen LogP contribution in [0.5, 0.6) is 0 Å². The van der Waals surface area contributed by atoms with Crippen LogP contribution < -0.4 is 4.70 Å². The Labute approximate surface area is 83.3 Å². The molecule has 0 fully saturated rings. The van der Waals surface area contributed by atoms with Crippen LogP contribution in [0.2, 0.25) is 0 Å². The zero-order valence-corrected chi connectivity index (χ0v) is 7.15. The number of hydrogen-bond acceptors (Lipinski definition) is 0. The molecule has 0 aliphatic heterocycles. The van der Waals surface area contributed by atoms with Gasteiger partial charge in [0.05, 0.1) is 0 Å². The van der Waals surface area contributed by atoms with Crippen LogP contribution in [0, 0.1) is 6.33 Å². The van der Waals surface area contributed by atoms with Crippen LogP contribution in [-0.2, 0) is 0 Å². The third kappa shape index (κ3) is 6.08. The molecule has 0 aromatic rings. The first-order valence-corrected chi connectivity index (χ1v) is 2.07. The fraction of sp³-hybridized carbons (Fsp3) is 0.500. The summed E-state index contributed by atoms with van der Waals surface area (Å²) in [4.78, 5) is 0. The Balaban J connectivity index is -0.000000500. The van der Waals surface area contributed by atoms with E-state index < -0.39 is 24.3 Å². The van der Waals surface area contributed by atoms with Gasteiger partial charge in [-0.25, -0.2) is 0 Å². The molecular formula is C4F8Mg. The maximum absolute atomic E-state index is 11.2. The maximum Gasteiger partial charge on any atom is 2.00 e. The van der Waals surface area contributed by atoms with Crippen LogP contribution in [0.25, 0.3) is 0 Å². The van der Waals surface area contributed by atoms with Gasteiger partial charge in [0, 0.05) is 0 Å². The van der Waals surface area contributed by atoms with Gasteiger partial charge in [0.15, 0.2) is 0 Å². The number of rotatable bonds is 0. The van der Waals surface area contributed by atoms with Crippen molar-refractivity contribution in [3.63, 3.8) is 0 Å². The van der Waals surface area contributed by atoms with E-state index in [0.29, 0.717) is 0 Å². The molecule has 0 bridgehead atoms. The normalized spacial score (nSPS) is 11.0. The molecule has 0 atom stereocenters. The molecule has 0 aromatic carbocycles. The van der Waals surface area contributed by atoms with Crippen LogP contribution in [0.15, 0.2) is 5.57 Å². The molecule has 0 saturated heterocycles. The van der Waals surface area contributed by atoms with E-state index in [9.17, 15) is 30.7 Å². The van der Waals surface area contributed by atoms with Crippen LogP contribution in [0.1, 0.15) is 0 Å². The summed E-state index contributed by atoms with van der Waals surface area (Å²) in [6.45, 7) is 0. The van der Waals surface area contributed by atoms with Crippen molar-refractivity contribution in [2.45, 2.75) is 12.4 Å². The molecule has 0 N–H and O–H groups in total. The Bertz CT molecular complexity index is 148. The molecule has 0 amide bonds. The second-order valence-electron chi connectivity index (χ2n) is 1.47. The van der Waals surface area contributed by atoms with Crippen molar-refractivity contribution >= 4 is 23.1 Å². The molecule has 74 valence electrons. The minimum absolute atomic E-state index is 0. The molecule has 13 heavy (non-hydrogen) atoms. The fourth-order valence-corrected chi connectivity index (χ4v) is 0.268. The van der Waals surface area contributed by atoms with E-state index in [0.717, 1.165) is 0 Å². The van der Waals surface area contributed by atoms with Gasteiger partial charge >= 0.3 is 35.4 Å². The van der Waals surface area contributed by atoms with Crippen molar-refractivity contribution in [1.29, 1.82) is 0 Å². The molecule has 0 nitrogen and oxygen atoms in total. The minimum Gasteiger partial charge on any atom is -1.00 e. The van der Waals surface area contributed by atoms with Crippen molar-refractivity contribution in [1.82, 2.24) is 0 Å². The van der Waals surface area contributed by atoms with E-state index in [1.54, 1.807) is 0 Å². The number of halogens is 8. The zero-order valence-electron chi connectivity index (χ0n) is 5.73. The number of alkyl halides is 6. The zero-order chi connectivity index (χ0) is 9.28. The van der Waals surface area contributed by atoms with E-state index in [2.05, 4.69) is 0 Å². The first-order chi connectivity index (χ1) is 4.69. The SMILES string of the molecule is F[C-]=C(C(F)(F)F)C(F)(F)F.[F-].[Mg+2]. The van der Waals surface area contributed by atoms with Gasteiger partial charge in [0.1, 0.15) is 0 Å². The van der Waals surface area contributed by atoms with Crippen molar-refractivity contribution in [2.24, 2.45) is 0 Å². The summed E-state index contributed by atoms with van der Waals surface area (Å²) in [5.41, 5.74) is -3.26. The molecule has 0 aliphatic rings. The minimum atomic E-state index is -5.74.